The van der Waals surface area contributed by atoms with Crippen molar-refractivity contribution in [2.75, 3.05) is 0 Å². The third-order valence-electron chi connectivity index (χ3n) is 2.54. The Bertz CT molecular complexity index is 350. The van der Waals surface area contributed by atoms with Crippen LogP contribution in [0.25, 0.3) is 0 Å². The first-order valence-corrected chi connectivity index (χ1v) is 5.39. The number of nitrogens with zero attached hydrogens (tertiary/aromatic N) is 1. The molecule has 0 amide bonds. The summed E-state index contributed by atoms with van der Waals surface area (Å²) in [5.74, 6) is 0.658. The predicted octanol–water partition coefficient (Wildman–Crippen LogP) is 2.99. The largest absolute Gasteiger partial charge is 0.324 e. The van der Waals surface area contributed by atoms with Gasteiger partial charge in [-0.05, 0) is 30.4 Å². The standard InChI is InChI=1S/C13H18N2/c1-10(2)7-8-13(15)12-6-4-3-5-11(12)9-14/h3-6,10,13H,7-8,15H2,1-2H3/t13-/m1/s1. The van der Waals surface area contributed by atoms with Crippen LogP contribution < -0.4 is 5.73 Å². The highest BCUT2D eigenvalue weighted by Crippen LogP contribution is 2.21. The molecule has 1 rings (SSSR count). The molecule has 1 aromatic carbocycles. The monoisotopic (exact) mass is 202 g/mol. The summed E-state index contributed by atoms with van der Waals surface area (Å²) in [6.07, 6.45) is 2.04. The van der Waals surface area contributed by atoms with Crippen LogP contribution in [-0.2, 0) is 0 Å². The Kier molecular flexibility index (Phi) is 4.33. The van der Waals surface area contributed by atoms with Gasteiger partial charge in [-0.2, -0.15) is 5.26 Å². The van der Waals surface area contributed by atoms with Crippen LogP contribution in [0.3, 0.4) is 0 Å². The molecule has 0 radical (unpaired) electrons. The molecule has 0 saturated carbocycles. The lowest BCUT2D eigenvalue weighted by Gasteiger charge is -2.14. The van der Waals surface area contributed by atoms with Gasteiger partial charge in [0.25, 0.3) is 0 Å². The maximum atomic E-state index is 8.94. The van der Waals surface area contributed by atoms with E-state index in [0.29, 0.717) is 11.5 Å². The van der Waals surface area contributed by atoms with E-state index < -0.39 is 0 Å². The summed E-state index contributed by atoms with van der Waals surface area (Å²) in [7, 11) is 0. The molecule has 0 spiro atoms. The summed E-state index contributed by atoms with van der Waals surface area (Å²) < 4.78 is 0. The molecular weight excluding hydrogens is 184 g/mol. The van der Waals surface area contributed by atoms with Crippen LogP contribution in [0, 0.1) is 17.2 Å². The molecule has 0 aliphatic heterocycles. The van der Waals surface area contributed by atoms with Crippen molar-refractivity contribution in [3.05, 3.63) is 35.4 Å². The zero-order chi connectivity index (χ0) is 11.3. The van der Waals surface area contributed by atoms with E-state index in [9.17, 15) is 0 Å². The second-order valence-corrected chi connectivity index (χ2v) is 4.28. The molecule has 80 valence electrons. The third kappa shape index (κ3) is 3.38. The van der Waals surface area contributed by atoms with Gasteiger partial charge in [0.1, 0.15) is 0 Å². The van der Waals surface area contributed by atoms with E-state index in [-0.39, 0.29) is 6.04 Å². The molecule has 0 unspecified atom stereocenters. The van der Waals surface area contributed by atoms with E-state index in [1.54, 1.807) is 0 Å². The van der Waals surface area contributed by atoms with E-state index in [1.807, 2.05) is 24.3 Å². The van der Waals surface area contributed by atoms with Gasteiger partial charge >= 0.3 is 0 Å². The number of benzene rings is 1. The fourth-order valence-corrected chi connectivity index (χ4v) is 1.59. The molecule has 0 saturated heterocycles. The van der Waals surface area contributed by atoms with E-state index in [1.165, 1.54) is 0 Å². The number of nitrogens with two attached hydrogens (primary N) is 1. The number of hydrogen-bond acceptors (Lipinski definition) is 2. The fraction of sp³-hybridized carbons (Fsp3) is 0.462. The molecule has 2 nitrogen and oxygen atoms in total. The quantitative estimate of drug-likeness (QED) is 0.816. The van der Waals surface area contributed by atoms with Crippen molar-refractivity contribution in [1.29, 1.82) is 5.26 Å². The number of rotatable bonds is 4. The minimum Gasteiger partial charge on any atom is -0.324 e. The lowest BCUT2D eigenvalue weighted by atomic mass is 9.95. The van der Waals surface area contributed by atoms with Crippen molar-refractivity contribution in [3.8, 4) is 6.07 Å². The molecule has 15 heavy (non-hydrogen) atoms. The van der Waals surface area contributed by atoms with E-state index in [0.717, 1.165) is 18.4 Å². The highest BCUT2D eigenvalue weighted by atomic mass is 14.6. The van der Waals surface area contributed by atoms with Gasteiger partial charge in [-0.15, -0.1) is 0 Å². The zero-order valence-corrected chi connectivity index (χ0v) is 9.40. The maximum Gasteiger partial charge on any atom is 0.0995 e. The Hall–Kier alpha value is -1.33. The van der Waals surface area contributed by atoms with Gasteiger partial charge in [-0.25, -0.2) is 0 Å². The Labute approximate surface area is 91.7 Å². The van der Waals surface area contributed by atoms with Gasteiger partial charge in [-0.1, -0.05) is 32.0 Å². The SMILES string of the molecule is CC(C)CC[C@@H](N)c1ccccc1C#N. The first-order chi connectivity index (χ1) is 7.15. The molecule has 2 N–H and O–H groups in total. The molecule has 0 aliphatic rings. The van der Waals surface area contributed by atoms with Crippen LogP contribution in [0.4, 0.5) is 0 Å². The van der Waals surface area contributed by atoms with Gasteiger partial charge in [0, 0.05) is 6.04 Å². The van der Waals surface area contributed by atoms with Crippen LogP contribution in [0.1, 0.15) is 43.9 Å². The Morgan fingerprint density at radius 1 is 1.27 bits per heavy atom. The Balaban J connectivity index is 2.73. The Morgan fingerprint density at radius 3 is 2.53 bits per heavy atom. The van der Waals surface area contributed by atoms with Gasteiger partial charge < -0.3 is 5.73 Å². The van der Waals surface area contributed by atoms with E-state index >= 15 is 0 Å². The van der Waals surface area contributed by atoms with Crippen molar-refractivity contribution in [1.82, 2.24) is 0 Å². The van der Waals surface area contributed by atoms with Gasteiger partial charge in [0.05, 0.1) is 11.6 Å². The lowest BCUT2D eigenvalue weighted by Crippen LogP contribution is -2.12. The van der Waals surface area contributed by atoms with Crippen LogP contribution in [-0.4, -0.2) is 0 Å². The minimum absolute atomic E-state index is 0.0109. The summed E-state index contributed by atoms with van der Waals surface area (Å²) in [4.78, 5) is 0. The Morgan fingerprint density at radius 2 is 1.93 bits per heavy atom. The number of hydrogen-bond donors (Lipinski definition) is 1. The average Bonchev–Trinajstić information content (AvgIpc) is 2.25. The first-order valence-electron chi connectivity index (χ1n) is 5.39. The second kappa shape index (κ2) is 5.53. The van der Waals surface area contributed by atoms with Crippen molar-refractivity contribution in [2.24, 2.45) is 11.7 Å². The maximum absolute atomic E-state index is 8.94. The van der Waals surface area contributed by atoms with E-state index in [2.05, 4.69) is 19.9 Å². The summed E-state index contributed by atoms with van der Waals surface area (Å²) >= 11 is 0. The summed E-state index contributed by atoms with van der Waals surface area (Å²) in [6, 6.07) is 9.75. The first kappa shape index (κ1) is 11.7. The molecule has 2 heteroatoms. The van der Waals surface area contributed by atoms with Crippen molar-refractivity contribution < 1.29 is 0 Å². The molecule has 1 atom stereocenters. The summed E-state index contributed by atoms with van der Waals surface area (Å²) in [5, 5.41) is 8.94. The van der Waals surface area contributed by atoms with E-state index in [4.69, 9.17) is 11.0 Å². The van der Waals surface area contributed by atoms with Crippen LogP contribution in [0.2, 0.25) is 0 Å². The average molecular weight is 202 g/mol. The molecule has 0 aliphatic carbocycles. The molecule has 1 aromatic rings. The minimum atomic E-state index is -0.0109. The van der Waals surface area contributed by atoms with Crippen molar-refractivity contribution in [3.63, 3.8) is 0 Å². The van der Waals surface area contributed by atoms with Gasteiger partial charge in [0.15, 0.2) is 0 Å². The highest BCUT2D eigenvalue weighted by molar-refractivity contribution is 5.39. The van der Waals surface area contributed by atoms with Gasteiger partial charge in [-0.3, -0.25) is 0 Å². The predicted molar refractivity (Wildman–Crippen MR) is 62.2 cm³/mol. The smallest absolute Gasteiger partial charge is 0.0995 e. The van der Waals surface area contributed by atoms with Gasteiger partial charge in [0.2, 0.25) is 0 Å². The molecule has 0 aromatic heterocycles. The van der Waals surface area contributed by atoms with Crippen LogP contribution >= 0.6 is 0 Å². The molecule has 0 heterocycles. The van der Waals surface area contributed by atoms with Crippen molar-refractivity contribution in [2.45, 2.75) is 32.7 Å². The number of nitriles is 1. The molecule has 0 fully saturated rings. The molecular formula is C13H18N2. The normalized spacial score (nSPS) is 12.5. The summed E-state index contributed by atoms with van der Waals surface area (Å²) in [6.45, 7) is 4.37. The highest BCUT2D eigenvalue weighted by Gasteiger charge is 2.10. The lowest BCUT2D eigenvalue weighted by molar-refractivity contribution is 0.507. The molecule has 0 bridgehead atoms. The third-order valence-corrected chi connectivity index (χ3v) is 2.54. The summed E-state index contributed by atoms with van der Waals surface area (Å²) in [5.41, 5.74) is 7.74. The second-order valence-electron chi connectivity index (χ2n) is 4.28. The fourth-order valence-electron chi connectivity index (χ4n) is 1.59. The van der Waals surface area contributed by atoms with Crippen molar-refractivity contribution >= 4 is 0 Å². The zero-order valence-electron chi connectivity index (χ0n) is 9.40. The van der Waals surface area contributed by atoms with Crippen LogP contribution in [0.15, 0.2) is 24.3 Å². The topological polar surface area (TPSA) is 49.8 Å². The van der Waals surface area contributed by atoms with Crippen LogP contribution in [0.5, 0.6) is 0 Å².